The van der Waals surface area contributed by atoms with E-state index >= 15 is 0 Å². The van der Waals surface area contributed by atoms with Gasteiger partial charge in [-0.05, 0) is 13.8 Å². The van der Waals surface area contributed by atoms with Gasteiger partial charge in [-0.15, -0.1) is 0 Å². The third-order valence-corrected chi connectivity index (χ3v) is 3.07. The first-order chi connectivity index (χ1) is 7.10. The van der Waals surface area contributed by atoms with Crippen molar-refractivity contribution in [1.29, 1.82) is 0 Å². The Morgan fingerprint density at radius 1 is 1.67 bits per heavy atom. The Morgan fingerprint density at radius 3 is 2.87 bits per heavy atom. The van der Waals surface area contributed by atoms with E-state index in [4.69, 9.17) is 9.84 Å². The third-order valence-electron chi connectivity index (χ3n) is 3.07. The Kier molecular flexibility index (Phi) is 4.70. The van der Waals surface area contributed by atoms with E-state index in [0.29, 0.717) is 19.6 Å². The highest BCUT2D eigenvalue weighted by atomic mass is 16.5. The molecular formula is C11H21NO3. The minimum atomic E-state index is -0.145. The van der Waals surface area contributed by atoms with Gasteiger partial charge in [0.15, 0.2) is 0 Å². The molecule has 1 saturated heterocycles. The first kappa shape index (κ1) is 12.6. The van der Waals surface area contributed by atoms with E-state index in [1.807, 2.05) is 20.8 Å². The van der Waals surface area contributed by atoms with Gasteiger partial charge in [0.1, 0.15) is 5.78 Å². The molecule has 1 rings (SSSR count). The Balaban J connectivity index is 2.60. The van der Waals surface area contributed by atoms with E-state index in [1.165, 1.54) is 0 Å². The van der Waals surface area contributed by atoms with Gasteiger partial charge in [-0.25, -0.2) is 0 Å². The zero-order valence-corrected chi connectivity index (χ0v) is 9.77. The Hall–Kier alpha value is -0.450. The van der Waals surface area contributed by atoms with Crippen LogP contribution in [-0.4, -0.2) is 53.7 Å². The molecule has 1 aliphatic heterocycles. The van der Waals surface area contributed by atoms with Crippen LogP contribution in [0.1, 0.15) is 27.2 Å². The van der Waals surface area contributed by atoms with Crippen molar-refractivity contribution in [3.63, 3.8) is 0 Å². The number of ether oxygens (including phenoxy) is 1. The summed E-state index contributed by atoms with van der Waals surface area (Å²) in [6.07, 6.45) is 0.419. The fraction of sp³-hybridized carbons (Fsp3) is 0.909. The Labute approximate surface area is 91.2 Å². The molecule has 4 heteroatoms. The van der Waals surface area contributed by atoms with Gasteiger partial charge in [-0.2, -0.15) is 0 Å². The largest absolute Gasteiger partial charge is 0.394 e. The number of hydrogen-bond acceptors (Lipinski definition) is 4. The number of aliphatic hydroxyl groups is 1. The summed E-state index contributed by atoms with van der Waals surface area (Å²) < 4.78 is 5.43. The molecule has 1 fully saturated rings. The summed E-state index contributed by atoms with van der Waals surface area (Å²) in [5, 5.41) is 9.04. The highest BCUT2D eigenvalue weighted by Crippen LogP contribution is 2.16. The number of hydrogen-bond donors (Lipinski definition) is 1. The lowest BCUT2D eigenvalue weighted by Gasteiger charge is -2.40. The van der Waals surface area contributed by atoms with E-state index in [2.05, 4.69) is 4.90 Å². The first-order valence-corrected chi connectivity index (χ1v) is 5.61. The average molecular weight is 215 g/mol. The van der Waals surface area contributed by atoms with Crippen molar-refractivity contribution in [2.45, 2.75) is 45.4 Å². The van der Waals surface area contributed by atoms with Crippen LogP contribution in [-0.2, 0) is 9.53 Å². The molecule has 1 N–H and O–H groups in total. The number of aliphatic hydroxyl groups excluding tert-OH is 1. The predicted molar refractivity (Wildman–Crippen MR) is 57.8 cm³/mol. The normalized spacial score (nSPS) is 30.1. The van der Waals surface area contributed by atoms with E-state index in [9.17, 15) is 4.79 Å². The lowest BCUT2D eigenvalue weighted by Crippen LogP contribution is -2.54. The van der Waals surface area contributed by atoms with Gasteiger partial charge in [0.2, 0.25) is 0 Å². The minimum Gasteiger partial charge on any atom is -0.394 e. The maximum absolute atomic E-state index is 11.6. The molecule has 0 aromatic carbocycles. The fourth-order valence-corrected chi connectivity index (χ4v) is 1.97. The standard InChI is InChI=1S/C11H21NO3/c1-4-11(14)9(3)12-5-10(6-13)15-7-8(12)2/h8-10,13H,4-7H2,1-3H3. The molecule has 15 heavy (non-hydrogen) atoms. The van der Waals surface area contributed by atoms with Crippen molar-refractivity contribution >= 4 is 5.78 Å². The maximum atomic E-state index is 11.6. The van der Waals surface area contributed by atoms with Crippen molar-refractivity contribution in [1.82, 2.24) is 4.90 Å². The monoisotopic (exact) mass is 215 g/mol. The molecule has 4 nitrogen and oxygen atoms in total. The first-order valence-electron chi connectivity index (χ1n) is 5.61. The summed E-state index contributed by atoms with van der Waals surface area (Å²) in [6, 6.07) is 0.182. The van der Waals surface area contributed by atoms with E-state index in [-0.39, 0.29) is 30.6 Å². The number of nitrogens with zero attached hydrogens (tertiary/aromatic N) is 1. The number of morpholine rings is 1. The zero-order valence-electron chi connectivity index (χ0n) is 9.77. The molecule has 0 radical (unpaired) electrons. The number of ketones is 1. The van der Waals surface area contributed by atoms with Crippen LogP contribution in [0.4, 0.5) is 0 Å². The molecule has 0 bridgehead atoms. The number of carbonyl (C=O) groups excluding carboxylic acids is 1. The number of Topliss-reactive ketones (excluding diaryl/α,β-unsaturated/α-hetero) is 1. The summed E-state index contributed by atoms with van der Waals surface area (Å²) in [5.41, 5.74) is 0. The van der Waals surface area contributed by atoms with Crippen LogP contribution in [0.25, 0.3) is 0 Å². The second kappa shape index (κ2) is 5.58. The highest BCUT2D eigenvalue weighted by molar-refractivity contribution is 5.83. The Morgan fingerprint density at radius 2 is 2.33 bits per heavy atom. The molecule has 0 aromatic rings. The van der Waals surface area contributed by atoms with Gasteiger partial charge < -0.3 is 9.84 Å². The lowest BCUT2D eigenvalue weighted by molar-refractivity contribution is -0.132. The van der Waals surface area contributed by atoms with E-state index in [1.54, 1.807) is 0 Å². The molecule has 0 amide bonds. The van der Waals surface area contributed by atoms with Crippen molar-refractivity contribution in [2.75, 3.05) is 19.8 Å². The molecule has 3 atom stereocenters. The van der Waals surface area contributed by atoms with Crippen molar-refractivity contribution in [3.05, 3.63) is 0 Å². The molecule has 1 aliphatic rings. The van der Waals surface area contributed by atoms with Gasteiger partial charge in [-0.3, -0.25) is 9.69 Å². The van der Waals surface area contributed by atoms with Gasteiger partial charge in [0, 0.05) is 19.0 Å². The van der Waals surface area contributed by atoms with Crippen LogP contribution in [0.3, 0.4) is 0 Å². The van der Waals surface area contributed by atoms with Gasteiger partial charge in [0.05, 0.1) is 25.4 Å². The van der Waals surface area contributed by atoms with E-state index < -0.39 is 0 Å². The fourth-order valence-electron chi connectivity index (χ4n) is 1.97. The van der Waals surface area contributed by atoms with Crippen molar-refractivity contribution < 1.29 is 14.6 Å². The van der Waals surface area contributed by atoms with Crippen LogP contribution in [0.2, 0.25) is 0 Å². The minimum absolute atomic E-state index is 0.0241. The van der Waals surface area contributed by atoms with Crippen LogP contribution < -0.4 is 0 Å². The van der Waals surface area contributed by atoms with Gasteiger partial charge >= 0.3 is 0 Å². The molecule has 0 aromatic heterocycles. The summed E-state index contributed by atoms with van der Waals surface area (Å²) in [7, 11) is 0. The summed E-state index contributed by atoms with van der Waals surface area (Å²) in [6.45, 7) is 7.12. The molecule has 1 heterocycles. The summed E-state index contributed by atoms with van der Waals surface area (Å²) in [4.78, 5) is 13.7. The quantitative estimate of drug-likeness (QED) is 0.739. The van der Waals surface area contributed by atoms with Crippen molar-refractivity contribution in [3.8, 4) is 0 Å². The van der Waals surface area contributed by atoms with Gasteiger partial charge in [-0.1, -0.05) is 6.92 Å². The molecule has 88 valence electrons. The highest BCUT2D eigenvalue weighted by Gasteiger charge is 2.31. The number of rotatable bonds is 4. The molecule has 0 aliphatic carbocycles. The van der Waals surface area contributed by atoms with Crippen LogP contribution in [0.5, 0.6) is 0 Å². The topological polar surface area (TPSA) is 49.8 Å². The maximum Gasteiger partial charge on any atom is 0.149 e. The zero-order chi connectivity index (χ0) is 11.4. The second-order valence-electron chi connectivity index (χ2n) is 4.18. The average Bonchev–Trinajstić information content (AvgIpc) is 2.27. The predicted octanol–water partition coefficient (Wildman–Crippen LogP) is 0.436. The SMILES string of the molecule is CCC(=O)C(C)N1CC(CO)OCC1C. The third kappa shape index (κ3) is 3.00. The second-order valence-corrected chi connectivity index (χ2v) is 4.18. The molecular weight excluding hydrogens is 194 g/mol. The van der Waals surface area contributed by atoms with E-state index in [0.717, 1.165) is 0 Å². The molecule has 0 spiro atoms. The van der Waals surface area contributed by atoms with Crippen molar-refractivity contribution in [2.24, 2.45) is 0 Å². The van der Waals surface area contributed by atoms with Gasteiger partial charge in [0.25, 0.3) is 0 Å². The summed E-state index contributed by atoms with van der Waals surface area (Å²) in [5.74, 6) is 0.250. The number of carbonyl (C=O) groups is 1. The summed E-state index contributed by atoms with van der Waals surface area (Å²) >= 11 is 0. The Bertz CT molecular complexity index is 220. The van der Waals surface area contributed by atoms with Crippen LogP contribution in [0, 0.1) is 0 Å². The lowest BCUT2D eigenvalue weighted by atomic mass is 10.1. The van der Waals surface area contributed by atoms with Crippen LogP contribution >= 0.6 is 0 Å². The van der Waals surface area contributed by atoms with Crippen LogP contribution in [0.15, 0.2) is 0 Å². The molecule has 3 unspecified atom stereocenters. The smallest absolute Gasteiger partial charge is 0.149 e. The molecule has 0 saturated carbocycles.